The van der Waals surface area contributed by atoms with E-state index in [-0.39, 0.29) is 24.4 Å². The molecule has 1 atom stereocenters. The molecule has 2 rings (SSSR count). The first-order chi connectivity index (χ1) is 10.7. The van der Waals surface area contributed by atoms with Gasteiger partial charge in [0.05, 0.1) is 6.04 Å². The van der Waals surface area contributed by atoms with Gasteiger partial charge in [0.15, 0.2) is 0 Å². The Hall–Kier alpha value is -1.10. The largest absolute Gasteiger partial charge is 0.354 e. The van der Waals surface area contributed by atoms with Crippen LogP contribution in [0.15, 0.2) is 30.3 Å². The van der Waals surface area contributed by atoms with Gasteiger partial charge < -0.3 is 11.1 Å². The highest BCUT2D eigenvalue weighted by atomic mass is 35.5. The molecule has 0 saturated carbocycles. The van der Waals surface area contributed by atoms with Crippen molar-refractivity contribution in [2.45, 2.75) is 45.2 Å². The summed E-state index contributed by atoms with van der Waals surface area (Å²) in [5.74, 6) is 0.596. The number of piperidine rings is 1. The van der Waals surface area contributed by atoms with Crippen molar-refractivity contribution in [1.29, 1.82) is 0 Å². The predicted molar refractivity (Wildman–Crippen MR) is 97.6 cm³/mol. The number of halogens is 1. The Kier molecular flexibility index (Phi) is 9.22. The topological polar surface area (TPSA) is 58.4 Å². The average molecular weight is 340 g/mol. The van der Waals surface area contributed by atoms with E-state index < -0.39 is 0 Å². The zero-order valence-corrected chi connectivity index (χ0v) is 14.9. The lowest BCUT2D eigenvalue weighted by Gasteiger charge is -2.32. The number of nitrogens with one attached hydrogen (secondary N) is 1. The van der Waals surface area contributed by atoms with Gasteiger partial charge in [0.25, 0.3) is 0 Å². The van der Waals surface area contributed by atoms with E-state index in [4.69, 9.17) is 5.73 Å². The molecule has 1 aromatic carbocycles. The molecule has 0 radical (unpaired) electrons. The number of nitrogens with zero attached hydrogens (tertiary/aromatic N) is 1. The van der Waals surface area contributed by atoms with Gasteiger partial charge >= 0.3 is 0 Å². The summed E-state index contributed by atoms with van der Waals surface area (Å²) in [4.78, 5) is 14.3. The zero-order valence-electron chi connectivity index (χ0n) is 14.0. The van der Waals surface area contributed by atoms with Crippen LogP contribution in [0, 0.1) is 5.92 Å². The maximum atomic E-state index is 11.8. The molecule has 1 amide bonds. The van der Waals surface area contributed by atoms with Crippen LogP contribution in [0.5, 0.6) is 0 Å². The molecular formula is C18H30ClN3O. The predicted octanol–water partition coefficient (Wildman–Crippen LogP) is 2.56. The van der Waals surface area contributed by atoms with Crippen LogP contribution in [0.4, 0.5) is 0 Å². The third-order valence-corrected chi connectivity index (χ3v) is 4.46. The number of rotatable bonds is 7. The molecule has 1 aliphatic heterocycles. The molecule has 0 aliphatic carbocycles. The second-order valence-electron chi connectivity index (χ2n) is 6.35. The molecule has 3 N–H and O–H groups in total. The first-order valence-electron chi connectivity index (χ1n) is 8.48. The Morgan fingerprint density at radius 2 is 1.96 bits per heavy atom. The molecule has 1 unspecified atom stereocenters. The molecule has 1 saturated heterocycles. The quantitative estimate of drug-likeness (QED) is 0.802. The van der Waals surface area contributed by atoms with Gasteiger partial charge in [-0.25, -0.2) is 0 Å². The number of carbonyl (C=O) groups is 1. The van der Waals surface area contributed by atoms with Gasteiger partial charge in [-0.3, -0.25) is 9.69 Å². The molecule has 0 bridgehead atoms. The highest BCUT2D eigenvalue weighted by molar-refractivity contribution is 5.85. The van der Waals surface area contributed by atoms with Gasteiger partial charge in [-0.15, -0.1) is 12.4 Å². The Morgan fingerprint density at radius 1 is 1.30 bits per heavy atom. The minimum Gasteiger partial charge on any atom is -0.354 e. The number of hydrogen-bond donors (Lipinski definition) is 2. The van der Waals surface area contributed by atoms with Crippen molar-refractivity contribution in [2.75, 3.05) is 19.6 Å². The van der Waals surface area contributed by atoms with Gasteiger partial charge in [-0.2, -0.15) is 0 Å². The van der Waals surface area contributed by atoms with Crippen molar-refractivity contribution in [2.24, 2.45) is 11.7 Å². The van der Waals surface area contributed by atoms with Crippen molar-refractivity contribution in [3.63, 3.8) is 0 Å². The van der Waals surface area contributed by atoms with Crippen molar-refractivity contribution >= 4 is 18.3 Å². The molecule has 1 fully saturated rings. The van der Waals surface area contributed by atoms with Gasteiger partial charge in [0, 0.05) is 13.1 Å². The number of amides is 1. The van der Waals surface area contributed by atoms with Gasteiger partial charge in [-0.1, -0.05) is 43.7 Å². The van der Waals surface area contributed by atoms with E-state index in [1.165, 1.54) is 5.56 Å². The van der Waals surface area contributed by atoms with E-state index in [1.807, 2.05) is 0 Å². The van der Waals surface area contributed by atoms with Crippen LogP contribution < -0.4 is 11.1 Å². The average Bonchev–Trinajstić information content (AvgIpc) is 2.55. The second-order valence-corrected chi connectivity index (χ2v) is 6.35. The Bertz CT molecular complexity index is 447. The van der Waals surface area contributed by atoms with E-state index in [0.29, 0.717) is 5.92 Å². The summed E-state index contributed by atoms with van der Waals surface area (Å²) < 4.78 is 0. The monoisotopic (exact) mass is 339 g/mol. The summed E-state index contributed by atoms with van der Waals surface area (Å²) in [5, 5.41) is 3.02. The maximum Gasteiger partial charge on any atom is 0.236 e. The fourth-order valence-electron chi connectivity index (χ4n) is 3.01. The molecule has 1 aromatic rings. The first kappa shape index (κ1) is 19.9. The van der Waals surface area contributed by atoms with Crippen LogP contribution in [0.2, 0.25) is 0 Å². The highest BCUT2D eigenvalue weighted by Gasteiger charge is 2.20. The zero-order chi connectivity index (χ0) is 15.8. The summed E-state index contributed by atoms with van der Waals surface area (Å²) in [7, 11) is 0. The van der Waals surface area contributed by atoms with Gasteiger partial charge in [0.1, 0.15) is 0 Å². The van der Waals surface area contributed by atoms with Crippen molar-refractivity contribution < 1.29 is 4.79 Å². The summed E-state index contributed by atoms with van der Waals surface area (Å²) in [6.45, 7) is 6.07. The lowest BCUT2D eigenvalue weighted by atomic mass is 9.96. The Morgan fingerprint density at radius 3 is 2.57 bits per heavy atom. The summed E-state index contributed by atoms with van der Waals surface area (Å²) in [6, 6.07) is 10.3. The van der Waals surface area contributed by atoms with E-state index in [1.54, 1.807) is 0 Å². The number of likely N-dealkylation sites (tertiary alicyclic amines) is 1. The molecule has 23 heavy (non-hydrogen) atoms. The van der Waals surface area contributed by atoms with Crippen LogP contribution in [-0.2, 0) is 11.3 Å². The van der Waals surface area contributed by atoms with Crippen molar-refractivity contribution in [3.05, 3.63) is 35.9 Å². The molecular weight excluding hydrogens is 310 g/mol. The van der Waals surface area contributed by atoms with Crippen LogP contribution in [0.25, 0.3) is 0 Å². The van der Waals surface area contributed by atoms with Gasteiger partial charge in [-0.05, 0) is 43.8 Å². The maximum absolute atomic E-state index is 11.8. The van der Waals surface area contributed by atoms with Crippen molar-refractivity contribution in [1.82, 2.24) is 10.2 Å². The molecule has 0 aromatic heterocycles. The normalized spacial score (nSPS) is 17.3. The summed E-state index contributed by atoms with van der Waals surface area (Å²) in [6.07, 6.45) is 4.01. The third-order valence-electron chi connectivity index (χ3n) is 4.46. The van der Waals surface area contributed by atoms with E-state index in [0.717, 1.165) is 51.9 Å². The van der Waals surface area contributed by atoms with Crippen LogP contribution in [-0.4, -0.2) is 36.5 Å². The molecule has 1 heterocycles. The third kappa shape index (κ3) is 6.90. The van der Waals surface area contributed by atoms with Crippen molar-refractivity contribution in [3.8, 4) is 0 Å². The fourth-order valence-corrected chi connectivity index (χ4v) is 3.01. The van der Waals surface area contributed by atoms with E-state index in [9.17, 15) is 4.79 Å². The standard InChI is InChI=1S/C18H29N3O.ClH/c1-2-6-17(19)18(22)20-13-15-9-11-21(12-10-15)14-16-7-4-3-5-8-16;/h3-5,7-8,15,17H,2,6,9-14,19H2,1H3,(H,20,22);1H. The number of carbonyl (C=O) groups excluding carboxylic acids is 1. The lowest BCUT2D eigenvalue weighted by molar-refractivity contribution is -0.122. The summed E-state index contributed by atoms with van der Waals surface area (Å²) >= 11 is 0. The molecule has 1 aliphatic rings. The number of benzene rings is 1. The lowest BCUT2D eigenvalue weighted by Crippen LogP contribution is -2.44. The van der Waals surface area contributed by atoms with Crippen LogP contribution in [0.1, 0.15) is 38.2 Å². The minimum absolute atomic E-state index is 0. The highest BCUT2D eigenvalue weighted by Crippen LogP contribution is 2.18. The SMILES string of the molecule is CCCC(N)C(=O)NCC1CCN(Cc2ccccc2)CC1.Cl. The Labute approximate surface area is 146 Å². The molecule has 4 nitrogen and oxygen atoms in total. The number of nitrogens with two attached hydrogens (primary N) is 1. The number of hydrogen-bond acceptors (Lipinski definition) is 3. The first-order valence-corrected chi connectivity index (χ1v) is 8.48. The smallest absolute Gasteiger partial charge is 0.236 e. The van der Waals surface area contributed by atoms with Crippen LogP contribution >= 0.6 is 12.4 Å². The summed E-state index contributed by atoms with van der Waals surface area (Å²) in [5.41, 5.74) is 7.21. The molecule has 130 valence electrons. The second kappa shape index (κ2) is 10.6. The van der Waals surface area contributed by atoms with Crippen LogP contribution in [0.3, 0.4) is 0 Å². The van der Waals surface area contributed by atoms with E-state index in [2.05, 4.69) is 47.5 Å². The van der Waals surface area contributed by atoms with E-state index >= 15 is 0 Å². The fraction of sp³-hybridized carbons (Fsp3) is 0.611. The van der Waals surface area contributed by atoms with Gasteiger partial charge in [0.2, 0.25) is 5.91 Å². The molecule has 0 spiro atoms. The Balaban J connectivity index is 0.00000264. The minimum atomic E-state index is -0.344. The molecule has 5 heteroatoms.